The van der Waals surface area contributed by atoms with Gasteiger partial charge in [-0.2, -0.15) is 11.8 Å². The van der Waals surface area contributed by atoms with E-state index >= 15 is 0 Å². The highest BCUT2D eigenvalue weighted by atomic mass is 32.2. The highest BCUT2D eigenvalue weighted by Crippen LogP contribution is 2.18. The van der Waals surface area contributed by atoms with Gasteiger partial charge in [-0.3, -0.25) is 0 Å². The number of hydrogen-bond donors (Lipinski definition) is 1. The average molecular weight is 293 g/mol. The first-order valence-corrected chi connectivity index (χ1v) is 8.43. The lowest BCUT2D eigenvalue weighted by Gasteiger charge is -2.15. The summed E-state index contributed by atoms with van der Waals surface area (Å²) in [5.41, 5.74) is 1.30. The van der Waals surface area contributed by atoms with Crippen LogP contribution in [0.3, 0.4) is 0 Å². The van der Waals surface area contributed by atoms with Crippen molar-refractivity contribution in [3.8, 4) is 5.75 Å². The molecule has 2 nitrogen and oxygen atoms in total. The lowest BCUT2D eigenvalue weighted by atomic mass is 10.1. The minimum absolute atomic E-state index is 0.374. The Morgan fingerprint density at radius 3 is 2.55 bits per heavy atom. The Morgan fingerprint density at radius 2 is 1.95 bits per heavy atom. The molecule has 3 heteroatoms. The van der Waals surface area contributed by atoms with Crippen LogP contribution in [0, 0.1) is 5.92 Å². The van der Waals surface area contributed by atoms with Crippen molar-refractivity contribution >= 4 is 11.8 Å². The van der Waals surface area contributed by atoms with Gasteiger partial charge in [-0.25, -0.2) is 0 Å². The summed E-state index contributed by atoms with van der Waals surface area (Å²) in [5.74, 6) is 3.66. The van der Waals surface area contributed by atoms with Gasteiger partial charge in [0.25, 0.3) is 0 Å². The smallest absolute Gasteiger partial charge is 0.119 e. The molecule has 0 aliphatic heterocycles. The summed E-state index contributed by atoms with van der Waals surface area (Å²) in [4.78, 5) is 0. The van der Waals surface area contributed by atoms with Crippen molar-refractivity contribution in [1.82, 2.24) is 5.32 Å². The van der Waals surface area contributed by atoms with Crippen LogP contribution in [0.1, 0.15) is 32.4 Å². The van der Waals surface area contributed by atoms with E-state index in [0.717, 1.165) is 30.4 Å². The second kappa shape index (κ2) is 9.89. The van der Waals surface area contributed by atoms with E-state index in [2.05, 4.69) is 56.9 Å². The molecule has 1 N–H and O–H groups in total. The minimum Gasteiger partial charge on any atom is -0.493 e. The van der Waals surface area contributed by atoms with Gasteiger partial charge >= 0.3 is 0 Å². The molecule has 0 spiro atoms. The molecule has 0 aliphatic carbocycles. The molecule has 0 bridgehead atoms. The van der Waals surface area contributed by atoms with Gasteiger partial charge in [0.05, 0.1) is 6.61 Å². The van der Waals surface area contributed by atoms with Crippen LogP contribution >= 0.6 is 11.8 Å². The Kier molecular flexibility index (Phi) is 8.47. The lowest BCUT2D eigenvalue weighted by molar-refractivity contribution is 0.271. The topological polar surface area (TPSA) is 21.3 Å². The zero-order valence-corrected chi connectivity index (χ0v) is 13.7. The van der Waals surface area contributed by atoms with Crippen molar-refractivity contribution in [3.63, 3.8) is 0 Å². The zero-order valence-electron chi connectivity index (χ0n) is 12.9. The lowest BCUT2D eigenvalue weighted by Crippen LogP contribution is -2.21. The molecular formula is C17H27NOS. The van der Waals surface area contributed by atoms with E-state index in [1.807, 2.05) is 17.8 Å². The fourth-order valence-corrected chi connectivity index (χ4v) is 2.34. The predicted molar refractivity (Wildman–Crippen MR) is 90.7 cm³/mol. The van der Waals surface area contributed by atoms with Crippen LogP contribution in [-0.4, -0.2) is 24.7 Å². The first-order chi connectivity index (χ1) is 9.63. The maximum atomic E-state index is 5.69. The largest absolute Gasteiger partial charge is 0.493 e. The summed E-state index contributed by atoms with van der Waals surface area (Å²) in [6.45, 7) is 12.0. The molecule has 0 radical (unpaired) electrons. The van der Waals surface area contributed by atoms with Gasteiger partial charge in [0, 0.05) is 24.1 Å². The Hall–Kier alpha value is -0.930. The third-order valence-corrected chi connectivity index (χ3v) is 3.86. The fraction of sp³-hybridized carbons (Fsp3) is 0.529. The van der Waals surface area contributed by atoms with Crippen LogP contribution in [0.5, 0.6) is 5.75 Å². The Bertz CT molecular complexity index is 375. The zero-order chi connectivity index (χ0) is 14.8. The number of rotatable bonds is 10. The van der Waals surface area contributed by atoms with E-state index in [9.17, 15) is 0 Å². The molecule has 0 aliphatic rings. The second-order valence-electron chi connectivity index (χ2n) is 5.31. The predicted octanol–water partition coefficient (Wildman–Crippen LogP) is 4.29. The van der Waals surface area contributed by atoms with Crippen molar-refractivity contribution < 1.29 is 4.74 Å². The molecule has 0 saturated heterocycles. The summed E-state index contributed by atoms with van der Waals surface area (Å²) in [7, 11) is 0. The fourth-order valence-electron chi connectivity index (χ4n) is 1.75. The number of ether oxygens (including phenoxy) is 1. The van der Waals surface area contributed by atoms with Gasteiger partial charge in [0.1, 0.15) is 5.75 Å². The summed E-state index contributed by atoms with van der Waals surface area (Å²) in [6.07, 6.45) is 1.95. The third kappa shape index (κ3) is 7.01. The maximum absolute atomic E-state index is 5.69. The van der Waals surface area contributed by atoms with Crippen molar-refractivity contribution in [1.29, 1.82) is 0 Å². The van der Waals surface area contributed by atoms with Crippen LogP contribution in [0.2, 0.25) is 0 Å². The van der Waals surface area contributed by atoms with Gasteiger partial charge in [-0.05, 0) is 30.5 Å². The summed E-state index contributed by atoms with van der Waals surface area (Å²) >= 11 is 1.90. The maximum Gasteiger partial charge on any atom is 0.119 e. The van der Waals surface area contributed by atoms with Gasteiger partial charge in [-0.15, -0.1) is 6.58 Å². The average Bonchev–Trinajstić information content (AvgIpc) is 2.45. The first kappa shape index (κ1) is 17.1. The molecule has 1 aromatic rings. The van der Waals surface area contributed by atoms with Crippen LogP contribution in [0.25, 0.3) is 0 Å². The number of thioether (sulfide) groups is 1. The van der Waals surface area contributed by atoms with Crippen molar-refractivity contribution in [2.75, 3.05) is 24.7 Å². The van der Waals surface area contributed by atoms with Crippen molar-refractivity contribution in [2.24, 2.45) is 5.92 Å². The quantitative estimate of drug-likeness (QED) is 0.513. The van der Waals surface area contributed by atoms with Gasteiger partial charge < -0.3 is 10.1 Å². The summed E-state index contributed by atoms with van der Waals surface area (Å²) in [6, 6.07) is 8.78. The van der Waals surface area contributed by atoms with E-state index in [1.54, 1.807) is 0 Å². The number of benzene rings is 1. The molecule has 0 fully saturated rings. The first-order valence-electron chi connectivity index (χ1n) is 7.28. The number of hydrogen-bond acceptors (Lipinski definition) is 3. The van der Waals surface area contributed by atoms with Crippen LogP contribution in [0.15, 0.2) is 36.9 Å². The number of nitrogens with one attached hydrogen (secondary N) is 1. The highest BCUT2D eigenvalue weighted by molar-refractivity contribution is 7.99. The van der Waals surface area contributed by atoms with E-state index in [1.165, 1.54) is 5.56 Å². The normalized spacial score (nSPS) is 12.4. The molecular weight excluding hydrogens is 266 g/mol. The van der Waals surface area contributed by atoms with E-state index in [-0.39, 0.29) is 0 Å². The summed E-state index contributed by atoms with van der Waals surface area (Å²) in [5, 5.41) is 3.53. The molecule has 1 aromatic carbocycles. The van der Waals surface area contributed by atoms with E-state index in [0.29, 0.717) is 12.0 Å². The van der Waals surface area contributed by atoms with Crippen molar-refractivity contribution in [3.05, 3.63) is 42.5 Å². The summed E-state index contributed by atoms with van der Waals surface area (Å²) < 4.78 is 5.69. The Labute approximate surface area is 128 Å². The van der Waals surface area contributed by atoms with Crippen LogP contribution < -0.4 is 10.1 Å². The molecule has 1 atom stereocenters. The minimum atomic E-state index is 0.374. The van der Waals surface area contributed by atoms with Gasteiger partial charge in [0.2, 0.25) is 0 Å². The van der Waals surface area contributed by atoms with Gasteiger partial charge in [0.15, 0.2) is 0 Å². The highest BCUT2D eigenvalue weighted by Gasteiger charge is 2.04. The van der Waals surface area contributed by atoms with Crippen LogP contribution in [0.4, 0.5) is 0 Å². The molecule has 1 rings (SSSR count). The Balaban J connectivity index is 2.33. The third-order valence-electron chi connectivity index (χ3n) is 2.90. The molecule has 20 heavy (non-hydrogen) atoms. The SMILES string of the molecule is C=CCSCCNC(C)c1ccc(OCC(C)C)cc1. The monoisotopic (exact) mass is 293 g/mol. The van der Waals surface area contributed by atoms with Gasteiger partial charge in [-0.1, -0.05) is 32.1 Å². The molecule has 0 aromatic heterocycles. The molecule has 0 amide bonds. The molecule has 112 valence electrons. The Morgan fingerprint density at radius 1 is 1.25 bits per heavy atom. The molecule has 0 heterocycles. The van der Waals surface area contributed by atoms with E-state index < -0.39 is 0 Å². The van der Waals surface area contributed by atoms with Crippen LogP contribution in [-0.2, 0) is 0 Å². The molecule has 1 unspecified atom stereocenters. The standard InChI is InChI=1S/C17H27NOS/c1-5-11-20-12-10-18-15(4)16-6-8-17(9-7-16)19-13-14(2)3/h5-9,14-15,18H,1,10-13H2,2-4H3. The second-order valence-corrected chi connectivity index (χ2v) is 6.46. The van der Waals surface area contributed by atoms with Crippen molar-refractivity contribution in [2.45, 2.75) is 26.8 Å². The molecule has 0 saturated carbocycles. The van der Waals surface area contributed by atoms with E-state index in [4.69, 9.17) is 4.74 Å².